The van der Waals surface area contributed by atoms with E-state index in [0.29, 0.717) is 13.1 Å². The van der Waals surface area contributed by atoms with E-state index in [4.69, 9.17) is 0 Å². The number of nitrogens with zero attached hydrogens (tertiary/aromatic N) is 1. The highest BCUT2D eigenvalue weighted by molar-refractivity contribution is 7.98. The highest BCUT2D eigenvalue weighted by Crippen LogP contribution is 2.28. The molecule has 142 valence electrons. The summed E-state index contributed by atoms with van der Waals surface area (Å²) >= 11 is 1.66. The van der Waals surface area contributed by atoms with Gasteiger partial charge < -0.3 is 15.5 Å². The number of hydrogen-bond donors (Lipinski definition) is 2. The molecular formula is C21H25N3O2S. The van der Waals surface area contributed by atoms with Crippen molar-refractivity contribution in [2.24, 2.45) is 5.92 Å². The second kappa shape index (κ2) is 9.06. The van der Waals surface area contributed by atoms with Gasteiger partial charge >= 0.3 is 0 Å². The predicted octanol–water partition coefficient (Wildman–Crippen LogP) is 3.51. The molecule has 2 aromatic carbocycles. The number of amides is 2. The van der Waals surface area contributed by atoms with Crippen molar-refractivity contribution in [2.75, 3.05) is 29.6 Å². The van der Waals surface area contributed by atoms with Crippen molar-refractivity contribution in [2.45, 2.75) is 24.8 Å². The molecule has 0 bridgehead atoms. The van der Waals surface area contributed by atoms with Gasteiger partial charge in [-0.3, -0.25) is 9.59 Å². The number of carbonyl (C=O) groups excluding carboxylic acids is 2. The first kappa shape index (κ1) is 19.5. The summed E-state index contributed by atoms with van der Waals surface area (Å²) in [5, 5.41) is 6.29. The van der Waals surface area contributed by atoms with E-state index in [1.165, 1.54) is 0 Å². The van der Waals surface area contributed by atoms with Gasteiger partial charge in [0.1, 0.15) is 0 Å². The van der Waals surface area contributed by atoms with Crippen LogP contribution in [0.15, 0.2) is 53.4 Å². The predicted molar refractivity (Wildman–Crippen MR) is 111 cm³/mol. The molecule has 0 aromatic heterocycles. The number of benzene rings is 2. The van der Waals surface area contributed by atoms with Gasteiger partial charge in [0.05, 0.1) is 5.92 Å². The van der Waals surface area contributed by atoms with Crippen LogP contribution in [-0.4, -0.2) is 31.2 Å². The van der Waals surface area contributed by atoms with E-state index < -0.39 is 0 Å². The molecule has 0 radical (unpaired) electrons. The number of hydrogen-bond acceptors (Lipinski definition) is 4. The van der Waals surface area contributed by atoms with Crippen LogP contribution in [0.5, 0.6) is 0 Å². The van der Waals surface area contributed by atoms with E-state index in [9.17, 15) is 9.59 Å². The Kier molecular flexibility index (Phi) is 6.53. The quantitative estimate of drug-likeness (QED) is 0.719. The molecule has 1 heterocycles. The molecule has 1 aliphatic rings. The molecule has 0 aliphatic carbocycles. The Morgan fingerprint density at radius 3 is 2.63 bits per heavy atom. The van der Waals surface area contributed by atoms with Gasteiger partial charge in [-0.2, -0.15) is 0 Å². The monoisotopic (exact) mass is 383 g/mol. The van der Waals surface area contributed by atoms with Gasteiger partial charge in [0.25, 0.3) is 0 Å². The Bertz CT molecular complexity index is 807. The smallest absolute Gasteiger partial charge is 0.229 e. The Morgan fingerprint density at radius 2 is 1.93 bits per heavy atom. The van der Waals surface area contributed by atoms with E-state index in [1.54, 1.807) is 16.7 Å². The van der Waals surface area contributed by atoms with Crippen LogP contribution in [-0.2, 0) is 16.1 Å². The maximum atomic E-state index is 12.7. The first-order valence-corrected chi connectivity index (χ1v) is 10.4. The molecule has 1 unspecified atom stereocenters. The highest BCUT2D eigenvalue weighted by Gasteiger charge is 2.35. The Labute approximate surface area is 164 Å². The third-order valence-corrected chi connectivity index (χ3v) is 5.46. The third kappa shape index (κ3) is 4.70. The van der Waals surface area contributed by atoms with E-state index >= 15 is 0 Å². The molecule has 1 atom stereocenters. The van der Waals surface area contributed by atoms with Crippen LogP contribution in [0.3, 0.4) is 0 Å². The fourth-order valence-corrected chi connectivity index (χ4v) is 3.59. The summed E-state index contributed by atoms with van der Waals surface area (Å²) in [7, 11) is 0. The average Bonchev–Trinajstić information content (AvgIpc) is 3.09. The molecule has 2 amide bonds. The molecule has 6 heteroatoms. The van der Waals surface area contributed by atoms with Crippen molar-refractivity contribution >= 4 is 35.0 Å². The van der Waals surface area contributed by atoms with Crippen molar-refractivity contribution in [3.05, 3.63) is 54.1 Å². The van der Waals surface area contributed by atoms with Crippen LogP contribution in [0, 0.1) is 5.92 Å². The van der Waals surface area contributed by atoms with E-state index in [-0.39, 0.29) is 24.2 Å². The first-order chi connectivity index (χ1) is 13.1. The molecule has 1 fully saturated rings. The zero-order valence-corrected chi connectivity index (χ0v) is 16.5. The minimum atomic E-state index is -0.343. The van der Waals surface area contributed by atoms with Gasteiger partial charge in [0.15, 0.2) is 0 Å². The summed E-state index contributed by atoms with van der Waals surface area (Å²) in [6.07, 6.45) is 2.26. The normalized spacial score (nSPS) is 16.6. The zero-order chi connectivity index (χ0) is 19.2. The lowest BCUT2D eigenvalue weighted by atomic mass is 10.1. The summed E-state index contributed by atoms with van der Waals surface area (Å²) in [5.41, 5.74) is 2.70. The molecule has 2 aromatic rings. The van der Waals surface area contributed by atoms with Crippen molar-refractivity contribution < 1.29 is 9.59 Å². The largest absolute Gasteiger partial charge is 0.325 e. The zero-order valence-electron chi connectivity index (χ0n) is 15.7. The Morgan fingerprint density at radius 1 is 1.19 bits per heavy atom. The minimum Gasteiger partial charge on any atom is -0.325 e. The summed E-state index contributed by atoms with van der Waals surface area (Å²) < 4.78 is 0. The lowest BCUT2D eigenvalue weighted by Crippen LogP contribution is -2.28. The van der Waals surface area contributed by atoms with Crippen LogP contribution in [0.2, 0.25) is 0 Å². The van der Waals surface area contributed by atoms with Crippen LogP contribution in [0.25, 0.3) is 0 Å². The number of carbonyl (C=O) groups is 2. The highest BCUT2D eigenvalue weighted by atomic mass is 32.2. The number of anilines is 2. The number of rotatable bonds is 7. The van der Waals surface area contributed by atoms with Crippen LogP contribution < -0.4 is 15.5 Å². The van der Waals surface area contributed by atoms with Crippen LogP contribution in [0.1, 0.15) is 18.9 Å². The number of para-hydroxylation sites is 1. The van der Waals surface area contributed by atoms with Crippen LogP contribution >= 0.6 is 11.8 Å². The van der Waals surface area contributed by atoms with E-state index in [2.05, 4.69) is 10.6 Å². The summed E-state index contributed by atoms with van der Waals surface area (Å²) in [4.78, 5) is 28.0. The van der Waals surface area contributed by atoms with E-state index in [1.807, 2.05) is 61.7 Å². The van der Waals surface area contributed by atoms with E-state index in [0.717, 1.165) is 28.4 Å². The summed E-state index contributed by atoms with van der Waals surface area (Å²) in [6.45, 7) is 4.03. The van der Waals surface area contributed by atoms with Crippen molar-refractivity contribution in [1.29, 1.82) is 0 Å². The van der Waals surface area contributed by atoms with Gasteiger partial charge in [0.2, 0.25) is 11.8 Å². The molecule has 0 saturated carbocycles. The standard InChI is InChI=1S/C21H25N3O2S/c1-3-22-13-15-6-4-5-7-19(15)23-21(26)16-12-20(25)24(14-16)17-8-10-18(27-2)11-9-17/h4-11,16,22H,3,12-14H2,1-2H3,(H,23,26). The number of thioether (sulfide) groups is 1. The number of nitrogens with one attached hydrogen (secondary N) is 2. The lowest BCUT2D eigenvalue weighted by Gasteiger charge is -2.17. The van der Waals surface area contributed by atoms with Crippen molar-refractivity contribution in [3.8, 4) is 0 Å². The van der Waals surface area contributed by atoms with Gasteiger partial charge in [-0.15, -0.1) is 11.8 Å². The average molecular weight is 384 g/mol. The molecule has 1 aliphatic heterocycles. The van der Waals surface area contributed by atoms with Crippen LogP contribution in [0.4, 0.5) is 11.4 Å². The molecule has 2 N–H and O–H groups in total. The molecule has 5 nitrogen and oxygen atoms in total. The van der Waals surface area contributed by atoms with Crippen molar-refractivity contribution in [1.82, 2.24) is 5.32 Å². The van der Waals surface area contributed by atoms with Gasteiger partial charge in [-0.1, -0.05) is 25.1 Å². The molecule has 0 spiro atoms. The third-order valence-electron chi connectivity index (χ3n) is 4.72. The molecule has 3 rings (SSSR count). The second-order valence-corrected chi connectivity index (χ2v) is 7.41. The Hall–Kier alpha value is -2.31. The second-order valence-electron chi connectivity index (χ2n) is 6.53. The Balaban J connectivity index is 1.67. The summed E-state index contributed by atoms with van der Waals surface area (Å²) in [6, 6.07) is 15.6. The van der Waals surface area contributed by atoms with Gasteiger partial charge in [0, 0.05) is 35.8 Å². The SMILES string of the molecule is CCNCc1ccccc1NC(=O)C1CC(=O)N(c2ccc(SC)cc2)C1. The maximum Gasteiger partial charge on any atom is 0.229 e. The lowest BCUT2D eigenvalue weighted by molar-refractivity contribution is -0.122. The molecule has 1 saturated heterocycles. The van der Waals surface area contributed by atoms with Gasteiger partial charge in [-0.25, -0.2) is 0 Å². The van der Waals surface area contributed by atoms with Gasteiger partial charge in [-0.05, 0) is 48.7 Å². The first-order valence-electron chi connectivity index (χ1n) is 9.16. The fourth-order valence-electron chi connectivity index (χ4n) is 3.19. The maximum absolute atomic E-state index is 12.7. The molecular weight excluding hydrogens is 358 g/mol. The molecule has 27 heavy (non-hydrogen) atoms. The topological polar surface area (TPSA) is 61.4 Å². The van der Waals surface area contributed by atoms with Crippen molar-refractivity contribution in [3.63, 3.8) is 0 Å². The fraction of sp³-hybridized carbons (Fsp3) is 0.333. The summed E-state index contributed by atoms with van der Waals surface area (Å²) in [5.74, 6) is -0.451. The minimum absolute atomic E-state index is 0.00649.